The molecule has 1 fully saturated rings. The summed E-state index contributed by atoms with van der Waals surface area (Å²) >= 11 is 3.42. The maximum absolute atomic E-state index is 12.4. The van der Waals surface area contributed by atoms with E-state index in [0.29, 0.717) is 13.1 Å². The molecule has 5 nitrogen and oxygen atoms in total. The van der Waals surface area contributed by atoms with E-state index in [2.05, 4.69) is 25.8 Å². The number of hydrogen-bond acceptors (Lipinski definition) is 4. The van der Waals surface area contributed by atoms with Gasteiger partial charge in [-0.1, -0.05) is 22.0 Å². The summed E-state index contributed by atoms with van der Waals surface area (Å²) in [5, 5.41) is 0. The van der Waals surface area contributed by atoms with E-state index in [4.69, 9.17) is 4.74 Å². The number of pyridine rings is 1. The second-order valence-corrected chi connectivity index (χ2v) is 6.67. The Kier molecular flexibility index (Phi) is 5.35. The lowest BCUT2D eigenvalue weighted by Crippen LogP contribution is -2.50. The molecule has 2 aromatic rings. The molecule has 2 heterocycles. The number of amides is 1. The number of piperazine rings is 1. The summed E-state index contributed by atoms with van der Waals surface area (Å²) in [6, 6.07) is 11.7. The van der Waals surface area contributed by atoms with Crippen molar-refractivity contribution in [2.45, 2.75) is 6.92 Å². The molecule has 0 N–H and O–H groups in total. The fraction of sp³-hybridized carbons (Fsp3) is 0.333. The Bertz CT molecular complexity index is 701. The highest BCUT2D eigenvalue weighted by atomic mass is 79.9. The van der Waals surface area contributed by atoms with Crippen LogP contribution in [0.5, 0.6) is 5.75 Å². The van der Waals surface area contributed by atoms with Gasteiger partial charge in [0.1, 0.15) is 11.6 Å². The molecule has 1 aromatic heterocycles. The molecule has 1 aliphatic rings. The average Bonchev–Trinajstić information content (AvgIpc) is 2.62. The van der Waals surface area contributed by atoms with Gasteiger partial charge in [0.05, 0.1) is 0 Å². The summed E-state index contributed by atoms with van der Waals surface area (Å²) in [5.74, 6) is 1.74. The zero-order valence-electron chi connectivity index (χ0n) is 13.6. The van der Waals surface area contributed by atoms with Crippen LogP contribution in [0, 0.1) is 6.92 Å². The second kappa shape index (κ2) is 7.66. The van der Waals surface area contributed by atoms with Crippen LogP contribution in [0.1, 0.15) is 5.56 Å². The molecule has 6 heteroatoms. The number of rotatable bonds is 4. The third-order valence-electron chi connectivity index (χ3n) is 4.09. The highest BCUT2D eigenvalue weighted by Crippen LogP contribution is 2.22. The van der Waals surface area contributed by atoms with Gasteiger partial charge in [-0.3, -0.25) is 4.79 Å². The van der Waals surface area contributed by atoms with Gasteiger partial charge in [-0.2, -0.15) is 0 Å². The lowest BCUT2D eigenvalue weighted by Gasteiger charge is -2.35. The first-order valence-electron chi connectivity index (χ1n) is 7.96. The Morgan fingerprint density at radius 3 is 2.67 bits per heavy atom. The van der Waals surface area contributed by atoms with Gasteiger partial charge in [0.25, 0.3) is 5.91 Å². The molecule has 24 heavy (non-hydrogen) atoms. The van der Waals surface area contributed by atoms with Gasteiger partial charge >= 0.3 is 0 Å². The van der Waals surface area contributed by atoms with Crippen molar-refractivity contribution >= 4 is 27.7 Å². The van der Waals surface area contributed by atoms with Crippen LogP contribution >= 0.6 is 15.9 Å². The largest absolute Gasteiger partial charge is 0.483 e. The molecule has 0 spiro atoms. The maximum atomic E-state index is 12.4. The van der Waals surface area contributed by atoms with Crippen molar-refractivity contribution < 1.29 is 9.53 Å². The second-order valence-electron chi connectivity index (χ2n) is 5.75. The zero-order chi connectivity index (χ0) is 16.9. The van der Waals surface area contributed by atoms with Crippen LogP contribution in [-0.4, -0.2) is 48.6 Å². The van der Waals surface area contributed by atoms with Gasteiger partial charge in [0, 0.05) is 36.8 Å². The first-order valence-corrected chi connectivity index (χ1v) is 8.75. The van der Waals surface area contributed by atoms with Crippen molar-refractivity contribution in [2.24, 2.45) is 0 Å². The quantitative estimate of drug-likeness (QED) is 0.806. The van der Waals surface area contributed by atoms with Crippen molar-refractivity contribution in [3.63, 3.8) is 0 Å². The Morgan fingerprint density at radius 1 is 1.21 bits per heavy atom. The van der Waals surface area contributed by atoms with Crippen molar-refractivity contribution in [3.05, 3.63) is 52.6 Å². The van der Waals surface area contributed by atoms with Crippen LogP contribution < -0.4 is 9.64 Å². The van der Waals surface area contributed by atoms with Gasteiger partial charge in [0.2, 0.25) is 0 Å². The molecule has 0 bridgehead atoms. The standard InChI is InChI=1S/C18H20BrN3O2/c1-14-12-15(19)5-6-16(14)24-13-18(23)22-10-8-21(9-11-22)17-4-2-3-7-20-17/h2-7,12H,8-11,13H2,1H3. The number of halogens is 1. The van der Waals surface area contributed by atoms with Crippen LogP contribution in [-0.2, 0) is 4.79 Å². The fourth-order valence-corrected chi connectivity index (χ4v) is 3.21. The Hall–Kier alpha value is -2.08. The Balaban J connectivity index is 1.50. The van der Waals surface area contributed by atoms with Gasteiger partial charge in [-0.15, -0.1) is 0 Å². The average molecular weight is 390 g/mol. The minimum atomic E-state index is 0.0259. The molecule has 0 saturated carbocycles. The summed E-state index contributed by atoms with van der Waals surface area (Å²) in [5.41, 5.74) is 1.01. The number of carbonyl (C=O) groups is 1. The molecule has 1 amide bonds. The molecule has 0 atom stereocenters. The SMILES string of the molecule is Cc1cc(Br)ccc1OCC(=O)N1CCN(c2ccccn2)CC1. The summed E-state index contributed by atoms with van der Waals surface area (Å²) in [4.78, 5) is 20.8. The summed E-state index contributed by atoms with van der Waals surface area (Å²) < 4.78 is 6.68. The fourth-order valence-electron chi connectivity index (χ4n) is 2.73. The number of aryl methyl sites for hydroxylation is 1. The minimum Gasteiger partial charge on any atom is -0.483 e. The van der Waals surface area contributed by atoms with Crippen molar-refractivity contribution in [3.8, 4) is 5.75 Å². The van der Waals surface area contributed by atoms with Crippen LogP contribution in [0.15, 0.2) is 47.1 Å². The molecule has 0 radical (unpaired) electrons. The van der Waals surface area contributed by atoms with E-state index in [1.165, 1.54) is 0 Å². The minimum absolute atomic E-state index is 0.0259. The van der Waals surface area contributed by atoms with Crippen molar-refractivity contribution in [1.82, 2.24) is 9.88 Å². The predicted octanol–water partition coefficient (Wildman–Crippen LogP) is 2.88. The summed E-state index contributed by atoms with van der Waals surface area (Å²) in [6.07, 6.45) is 1.79. The topological polar surface area (TPSA) is 45.7 Å². The molecule has 0 aliphatic carbocycles. The van der Waals surface area contributed by atoms with E-state index in [1.54, 1.807) is 6.20 Å². The maximum Gasteiger partial charge on any atom is 0.260 e. The van der Waals surface area contributed by atoms with Gasteiger partial charge in [-0.25, -0.2) is 4.98 Å². The monoisotopic (exact) mass is 389 g/mol. The number of ether oxygens (including phenoxy) is 1. The third kappa shape index (κ3) is 4.06. The molecule has 126 valence electrons. The first-order chi connectivity index (χ1) is 11.6. The van der Waals surface area contributed by atoms with Crippen LogP contribution in [0.25, 0.3) is 0 Å². The highest BCUT2D eigenvalue weighted by Gasteiger charge is 2.22. The molecule has 0 unspecified atom stereocenters. The van der Waals surface area contributed by atoms with Crippen LogP contribution in [0.3, 0.4) is 0 Å². The molecular weight excluding hydrogens is 370 g/mol. The van der Waals surface area contributed by atoms with Crippen LogP contribution in [0.2, 0.25) is 0 Å². The molecule has 1 saturated heterocycles. The smallest absolute Gasteiger partial charge is 0.260 e. The van der Waals surface area contributed by atoms with E-state index in [1.807, 2.05) is 48.2 Å². The molecule has 1 aromatic carbocycles. The predicted molar refractivity (Wildman–Crippen MR) is 97.4 cm³/mol. The lowest BCUT2D eigenvalue weighted by atomic mass is 10.2. The van der Waals surface area contributed by atoms with E-state index in [9.17, 15) is 4.79 Å². The molecular formula is C18H20BrN3O2. The van der Waals surface area contributed by atoms with Gasteiger partial charge in [0.15, 0.2) is 6.61 Å². The third-order valence-corrected chi connectivity index (χ3v) is 4.59. The number of aromatic nitrogens is 1. The number of anilines is 1. The van der Waals surface area contributed by atoms with Crippen LogP contribution in [0.4, 0.5) is 5.82 Å². The number of carbonyl (C=O) groups excluding carboxylic acids is 1. The first kappa shape index (κ1) is 16.8. The normalized spacial score (nSPS) is 14.6. The molecule has 3 rings (SSSR count). The van der Waals surface area contributed by atoms with E-state index in [0.717, 1.165) is 34.7 Å². The number of benzene rings is 1. The summed E-state index contributed by atoms with van der Waals surface area (Å²) in [7, 11) is 0. The lowest BCUT2D eigenvalue weighted by molar-refractivity contribution is -0.133. The highest BCUT2D eigenvalue weighted by molar-refractivity contribution is 9.10. The van der Waals surface area contributed by atoms with E-state index >= 15 is 0 Å². The zero-order valence-corrected chi connectivity index (χ0v) is 15.2. The van der Waals surface area contributed by atoms with Crippen molar-refractivity contribution in [1.29, 1.82) is 0 Å². The van der Waals surface area contributed by atoms with E-state index in [-0.39, 0.29) is 12.5 Å². The Labute approximate surface area is 150 Å². The Morgan fingerprint density at radius 2 is 2.00 bits per heavy atom. The van der Waals surface area contributed by atoms with Crippen molar-refractivity contribution in [2.75, 3.05) is 37.7 Å². The number of nitrogens with zero attached hydrogens (tertiary/aromatic N) is 3. The van der Waals surface area contributed by atoms with Gasteiger partial charge < -0.3 is 14.5 Å². The van der Waals surface area contributed by atoms with E-state index < -0.39 is 0 Å². The summed E-state index contributed by atoms with van der Waals surface area (Å²) in [6.45, 7) is 5.01. The molecule has 1 aliphatic heterocycles. The number of hydrogen-bond donors (Lipinski definition) is 0. The van der Waals surface area contributed by atoms with Gasteiger partial charge in [-0.05, 0) is 42.8 Å².